The number of benzene rings is 7. The molecular weight excluding hydrogens is 601 g/mol. The molecule has 0 bridgehead atoms. The molecule has 224 valence electrons. The minimum atomic E-state index is 0.977. The van der Waals surface area contributed by atoms with Gasteiger partial charge in [-0.15, -0.1) is 11.3 Å². The average Bonchev–Trinajstić information content (AvgIpc) is 3.71. The fourth-order valence-electron chi connectivity index (χ4n) is 7.40. The lowest BCUT2D eigenvalue weighted by molar-refractivity contribution is 1.20. The molecule has 3 aromatic heterocycles. The van der Waals surface area contributed by atoms with Crippen molar-refractivity contribution < 1.29 is 0 Å². The molecule has 3 heteroatoms. The molecule has 10 aromatic rings. The Bertz CT molecular complexity index is 2760. The van der Waals surface area contributed by atoms with Crippen LogP contribution in [0.4, 0.5) is 0 Å². The number of rotatable bonds is 4. The van der Waals surface area contributed by atoms with Gasteiger partial charge in [-0.05, 0) is 46.8 Å². The summed E-state index contributed by atoms with van der Waals surface area (Å²) in [6, 6.07) is 61.1. The van der Waals surface area contributed by atoms with E-state index in [2.05, 4.69) is 174 Å². The molecule has 7 aromatic carbocycles. The van der Waals surface area contributed by atoms with Crippen molar-refractivity contribution in [2.75, 3.05) is 0 Å². The van der Waals surface area contributed by atoms with Crippen LogP contribution in [0.15, 0.2) is 170 Å². The monoisotopic (exact) mass is 628 g/mol. The predicted octanol–water partition coefficient (Wildman–Crippen LogP) is 12.7. The zero-order valence-electron chi connectivity index (χ0n) is 26.0. The number of para-hydroxylation sites is 1. The maximum absolute atomic E-state index is 5.15. The standard InChI is InChI=1S/C45H28N2S/c1-3-14-30(15-4-1)38-27-32(28-39(46-38)31-16-5-2-6-17-31)34-21-12-22-35-36-25-26-42-43(45(36)48-44(34)35)37-20-9-10-23-41(37)47(42)40-24-11-18-29-13-7-8-19-33(29)40/h1-28H. The third-order valence-corrected chi connectivity index (χ3v) is 10.9. The molecule has 0 amide bonds. The minimum absolute atomic E-state index is 0.977. The van der Waals surface area contributed by atoms with Gasteiger partial charge < -0.3 is 4.57 Å². The van der Waals surface area contributed by atoms with Gasteiger partial charge in [-0.1, -0.05) is 140 Å². The maximum Gasteiger partial charge on any atom is 0.0715 e. The number of nitrogens with zero attached hydrogens (tertiary/aromatic N) is 2. The van der Waals surface area contributed by atoms with Gasteiger partial charge in [0.2, 0.25) is 0 Å². The van der Waals surface area contributed by atoms with Crippen LogP contribution in [0.1, 0.15) is 0 Å². The third-order valence-electron chi connectivity index (χ3n) is 9.58. The van der Waals surface area contributed by atoms with E-state index >= 15 is 0 Å². The lowest BCUT2D eigenvalue weighted by Crippen LogP contribution is -1.94. The highest BCUT2D eigenvalue weighted by molar-refractivity contribution is 7.27. The molecule has 0 aliphatic carbocycles. The van der Waals surface area contributed by atoms with Crippen LogP contribution in [0.2, 0.25) is 0 Å². The van der Waals surface area contributed by atoms with Crippen LogP contribution < -0.4 is 0 Å². The van der Waals surface area contributed by atoms with E-state index in [1.165, 1.54) is 69.6 Å². The summed E-state index contributed by atoms with van der Waals surface area (Å²) in [6.07, 6.45) is 0. The van der Waals surface area contributed by atoms with E-state index in [1.54, 1.807) is 0 Å². The second kappa shape index (κ2) is 10.8. The Morgan fingerprint density at radius 1 is 0.417 bits per heavy atom. The molecule has 0 aliphatic rings. The molecule has 0 radical (unpaired) electrons. The normalized spacial score (nSPS) is 11.8. The molecule has 0 atom stereocenters. The maximum atomic E-state index is 5.15. The van der Waals surface area contributed by atoms with Crippen LogP contribution in [-0.4, -0.2) is 9.55 Å². The average molecular weight is 629 g/mol. The van der Waals surface area contributed by atoms with E-state index in [9.17, 15) is 0 Å². The lowest BCUT2D eigenvalue weighted by atomic mass is 9.98. The van der Waals surface area contributed by atoms with Crippen molar-refractivity contribution in [2.24, 2.45) is 0 Å². The van der Waals surface area contributed by atoms with E-state index in [-0.39, 0.29) is 0 Å². The van der Waals surface area contributed by atoms with Gasteiger partial charge in [-0.2, -0.15) is 0 Å². The highest BCUT2D eigenvalue weighted by atomic mass is 32.1. The number of pyridine rings is 1. The lowest BCUT2D eigenvalue weighted by Gasteiger charge is -2.11. The van der Waals surface area contributed by atoms with Crippen LogP contribution >= 0.6 is 11.3 Å². The van der Waals surface area contributed by atoms with Crippen LogP contribution in [0.3, 0.4) is 0 Å². The van der Waals surface area contributed by atoms with Crippen molar-refractivity contribution in [1.82, 2.24) is 9.55 Å². The van der Waals surface area contributed by atoms with Gasteiger partial charge in [-0.3, -0.25) is 0 Å². The van der Waals surface area contributed by atoms with Gasteiger partial charge in [0.25, 0.3) is 0 Å². The predicted molar refractivity (Wildman–Crippen MR) is 205 cm³/mol. The van der Waals surface area contributed by atoms with E-state index in [4.69, 9.17) is 4.98 Å². The molecule has 0 saturated heterocycles. The smallest absolute Gasteiger partial charge is 0.0715 e. The first-order chi connectivity index (χ1) is 23.8. The third kappa shape index (κ3) is 4.15. The fourth-order valence-corrected chi connectivity index (χ4v) is 8.79. The summed E-state index contributed by atoms with van der Waals surface area (Å²) in [5, 5.41) is 7.67. The zero-order chi connectivity index (χ0) is 31.6. The van der Waals surface area contributed by atoms with Gasteiger partial charge in [0.15, 0.2) is 0 Å². The van der Waals surface area contributed by atoms with Gasteiger partial charge in [0.05, 0.1) is 28.1 Å². The van der Waals surface area contributed by atoms with Gasteiger partial charge in [0.1, 0.15) is 0 Å². The summed E-state index contributed by atoms with van der Waals surface area (Å²) in [7, 11) is 0. The first-order valence-electron chi connectivity index (χ1n) is 16.3. The number of hydrogen-bond acceptors (Lipinski definition) is 2. The molecule has 3 heterocycles. The summed E-state index contributed by atoms with van der Waals surface area (Å²) < 4.78 is 5.08. The van der Waals surface area contributed by atoms with Crippen molar-refractivity contribution in [3.8, 4) is 39.3 Å². The van der Waals surface area contributed by atoms with Crippen molar-refractivity contribution in [2.45, 2.75) is 0 Å². The first kappa shape index (κ1) is 27.1. The number of aromatic nitrogens is 2. The molecule has 0 saturated carbocycles. The Labute approximate surface area is 281 Å². The molecule has 0 aliphatic heterocycles. The molecule has 2 nitrogen and oxygen atoms in total. The SMILES string of the molecule is c1ccc(-c2cc(-c3cccc4c3sc3c4ccc4c3c3ccccc3n4-c3cccc4ccccc34)cc(-c3ccccc3)n2)cc1. The van der Waals surface area contributed by atoms with Crippen molar-refractivity contribution in [3.63, 3.8) is 0 Å². The summed E-state index contributed by atoms with van der Waals surface area (Å²) in [5.41, 5.74) is 10.3. The summed E-state index contributed by atoms with van der Waals surface area (Å²) in [5.74, 6) is 0. The molecule has 0 N–H and O–H groups in total. The topological polar surface area (TPSA) is 17.8 Å². The molecule has 0 spiro atoms. The quantitative estimate of drug-likeness (QED) is 0.190. The van der Waals surface area contributed by atoms with Gasteiger partial charge in [0, 0.05) is 47.5 Å². The largest absolute Gasteiger partial charge is 0.309 e. The highest BCUT2D eigenvalue weighted by Crippen LogP contribution is 2.46. The molecule has 48 heavy (non-hydrogen) atoms. The van der Waals surface area contributed by atoms with Crippen LogP contribution in [0, 0.1) is 0 Å². The van der Waals surface area contributed by atoms with Crippen molar-refractivity contribution in [3.05, 3.63) is 170 Å². The Balaban J connectivity index is 1.26. The molecular formula is C45H28N2S. The Kier molecular flexibility index (Phi) is 6.08. The van der Waals surface area contributed by atoms with Gasteiger partial charge in [-0.25, -0.2) is 4.98 Å². The highest BCUT2D eigenvalue weighted by Gasteiger charge is 2.20. The molecule has 0 unspecified atom stereocenters. The number of fused-ring (bicyclic) bond motifs is 8. The number of thiophene rings is 1. The minimum Gasteiger partial charge on any atom is -0.309 e. The van der Waals surface area contributed by atoms with Crippen LogP contribution in [-0.2, 0) is 0 Å². The van der Waals surface area contributed by atoms with Gasteiger partial charge >= 0.3 is 0 Å². The molecule has 0 fully saturated rings. The second-order valence-electron chi connectivity index (χ2n) is 12.3. The second-order valence-corrected chi connectivity index (χ2v) is 13.4. The number of hydrogen-bond donors (Lipinski definition) is 0. The first-order valence-corrected chi connectivity index (χ1v) is 17.1. The summed E-state index contributed by atoms with van der Waals surface area (Å²) >= 11 is 1.91. The summed E-state index contributed by atoms with van der Waals surface area (Å²) in [6.45, 7) is 0. The Morgan fingerprint density at radius 3 is 1.79 bits per heavy atom. The molecule has 10 rings (SSSR count). The van der Waals surface area contributed by atoms with E-state index in [1.807, 2.05) is 11.3 Å². The fraction of sp³-hybridized carbons (Fsp3) is 0. The zero-order valence-corrected chi connectivity index (χ0v) is 26.8. The van der Waals surface area contributed by atoms with E-state index in [0.29, 0.717) is 0 Å². The van der Waals surface area contributed by atoms with Crippen molar-refractivity contribution in [1.29, 1.82) is 0 Å². The van der Waals surface area contributed by atoms with E-state index in [0.717, 1.165) is 22.5 Å². The summed E-state index contributed by atoms with van der Waals surface area (Å²) in [4.78, 5) is 5.15. The van der Waals surface area contributed by atoms with Crippen LogP contribution in [0.25, 0.3) is 92.1 Å². The Hall–Kier alpha value is -6.03. The van der Waals surface area contributed by atoms with E-state index < -0.39 is 0 Å². The Morgan fingerprint density at radius 2 is 1.02 bits per heavy atom. The van der Waals surface area contributed by atoms with Crippen molar-refractivity contribution >= 4 is 64.1 Å². The van der Waals surface area contributed by atoms with Crippen LogP contribution in [0.5, 0.6) is 0 Å².